The molecule has 0 saturated carbocycles. The average Bonchev–Trinajstić information content (AvgIpc) is 3.89. The molecule has 8 aromatic carbocycles. The number of benzene rings is 8. The van der Waals surface area contributed by atoms with Crippen LogP contribution in [0.3, 0.4) is 0 Å². The lowest BCUT2D eigenvalue weighted by molar-refractivity contribution is 0.620. The normalized spacial score (nSPS) is 12.0. The molecule has 234 valence electrons. The predicted octanol–water partition coefficient (Wildman–Crippen LogP) is 13.1. The van der Waals surface area contributed by atoms with E-state index in [4.69, 9.17) is 18.2 Å². The van der Waals surface area contributed by atoms with Gasteiger partial charge >= 0.3 is 0 Å². The van der Waals surface area contributed by atoms with E-state index in [1.807, 2.05) is 36.4 Å². The van der Waals surface area contributed by atoms with Crippen LogP contribution in [0.1, 0.15) is 0 Å². The first-order chi connectivity index (χ1) is 24.8. The van der Waals surface area contributed by atoms with Crippen molar-refractivity contribution < 1.29 is 13.3 Å². The van der Waals surface area contributed by atoms with Gasteiger partial charge in [-0.3, -0.25) is 0 Å². The zero-order valence-electron chi connectivity index (χ0n) is 26.6. The van der Waals surface area contributed by atoms with Crippen molar-refractivity contribution in [1.29, 1.82) is 0 Å². The second-order valence-corrected chi connectivity index (χ2v) is 12.7. The number of rotatable bonds is 4. The number of fused-ring (bicyclic) bond motifs is 11. The number of oxazole rings is 1. The van der Waals surface area contributed by atoms with Crippen LogP contribution in [0, 0.1) is 0 Å². The van der Waals surface area contributed by atoms with Gasteiger partial charge in [0.1, 0.15) is 22.3 Å². The number of furan rings is 2. The highest BCUT2D eigenvalue weighted by Crippen LogP contribution is 2.45. The van der Waals surface area contributed by atoms with Gasteiger partial charge in [-0.25, -0.2) is 4.98 Å². The van der Waals surface area contributed by atoms with Crippen molar-refractivity contribution in [2.75, 3.05) is 4.90 Å². The molecule has 0 atom stereocenters. The van der Waals surface area contributed by atoms with E-state index in [0.29, 0.717) is 5.89 Å². The summed E-state index contributed by atoms with van der Waals surface area (Å²) in [7, 11) is 0. The van der Waals surface area contributed by atoms with Crippen LogP contribution in [-0.2, 0) is 0 Å². The van der Waals surface area contributed by atoms with Crippen LogP contribution < -0.4 is 4.90 Å². The van der Waals surface area contributed by atoms with Gasteiger partial charge in [-0.05, 0) is 70.8 Å². The molecule has 11 rings (SSSR count). The number of hydrogen-bond acceptors (Lipinski definition) is 5. The molecule has 0 bridgehead atoms. The van der Waals surface area contributed by atoms with Crippen LogP contribution in [0.2, 0.25) is 0 Å². The summed E-state index contributed by atoms with van der Waals surface area (Å²) in [5, 5.41) is 8.75. The van der Waals surface area contributed by atoms with Crippen molar-refractivity contribution in [3.63, 3.8) is 0 Å². The topological polar surface area (TPSA) is 55.6 Å². The molecule has 0 fully saturated rings. The summed E-state index contributed by atoms with van der Waals surface area (Å²) in [5.41, 5.74) is 8.68. The predicted molar refractivity (Wildman–Crippen MR) is 204 cm³/mol. The fourth-order valence-electron chi connectivity index (χ4n) is 7.64. The SMILES string of the molecule is c1ccc(N(c2ccc3c(c2)oc2cccc(-c4nc5c(ccc6ccccc65)o4)c23)c2cccc3c2oc2ccc4ccccc4c23)cc1. The highest BCUT2D eigenvalue weighted by Gasteiger charge is 2.23. The first-order valence-corrected chi connectivity index (χ1v) is 16.7. The van der Waals surface area contributed by atoms with E-state index in [-0.39, 0.29) is 0 Å². The summed E-state index contributed by atoms with van der Waals surface area (Å²) in [6.45, 7) is 0. The third kappa shape index (κ3) is 3.92. The lowest BCUT2D eigenvalue weighted by Gasteiger charge is -2.25. The fraction of sp³-hybridized carbons (Fsp3) is 0. The Morgan fingerprint density at radius 2 is 1.14 bits per heavy atom. The van der Waals surface area contributed by atoms with E-state index in [9.17, 15) is 0 Å². The molecule has 5 heteroatoms. The molecule has 0 radical (unpaired) electrons. The van der Waals surface area contributed by atoms with Gasteiger partial charge in [0.25, 0.3) is 0 Å². The average molecular weight is 643 g/mol. The first kappa shape index (κ1) is 27.1. The zero-order chi connectivity index (χ0) is 32.8. The smallest absolute Gasteiger partial charge is 0.228 e. The maximum absolute atomic E-state index is 6.69. The van der Waals surface area contributed by atoms with E-state index < -0.39 is 0 Å². The van der Waals surface area contributed by atoms with Gasteiger partial charge in [-0.1, -0.05) is 97.1 Å². The van der Waals surface area contributed by atoms with Crippen LogP contribution in [0.5, 0.6) is 0 Å². The molecule has 0 spiro atoms. The van der Waals surface area contributed by atoms with Crippen molar-refractivity contribution in [3.05, 3.63) is 158 Å². The number of anilines is 3. The van der Waals surface area contributed by atoms with Crippen molar-refractivity contribution in [2.45, 2.75) is 0 Å². The minimum Gasteiger partial charge on any atom is -0.456 e. The maximum atomic E-state index is 6.69. The monoisotopic (exact) mass is 642 g/mol. The summed E-state index contributed by atoms with van der Waals surface area (Å²) < 4.78 is 19.7. The molecule has 0 unspecified atom stereocenters. The zero-order valence-corrected chi connectivity index (χ0v) is 26.6. The summed E-state index contributed by atoms with van der Waals surface area (Å²) in [5.74, 6) is 0.573. The van der Waals surface area contributed by atoms with Crippen molar-refractivity contribution in [1.82, 2.24) is 4.98 Å². The molecule has 5 nitrogen and oxygen atoms in total. The molecule has 11 aromatic rings. The van der Waals surface area contributed by atoms with Crippen LogP contribution in [0.4, 0.5) is 17.1 Å². The quantitative estimate of drug-likeness (QED) is 0.191. The highest BCUT2D eigenvalue weighted by atomic mass is 16.4. The van der Waals surface area contributed by atoms with Crippen LogP contribution in [-0.4, -0.2) is 4.98 Å². The number of nitrogens with zero attached hydrogens (tertiary/aromatic N) is 2. The van der Waals surface area contributed by atoms with E-state index in [1.54, 1.807) is 0 Å². The number of hydrogen-bond donors (Lipinski definition) is 0. The Hall–Kier alpha value is -6.85. The Balaban J connectivity index is 1.11. The largest absolute Gasteiger partial charge is 0.456 e. The van der Waals surface area contributed by atoms with Gasteiger partial charge in [0.2, 0.25) is 5.89 Å². The maximum Gasteiger partial charge on any atom is 0.228 e. The lowest BCUT2D eigenvalue weighted by Crippen LogP contribution is -2.09. The molecule has 0 aliphatic carbocycles. The molecule has 0 N–H and O–H groups in total. The molecule has 3 aromatic heterocycles. The Morgan fingerprint density at radius 3 is 2.02 bits per heavy atom. The van der Waals surface area contributed by atoms with Gasteiger partial charge in [0.05, 0.1) is 11.4 Å². The molecule has 0 amide bonds. The molecule has 50 heavy (non-hydrogen) atoms. The van der Waals surface area contributed by atoms with Gasteiger partial charge in [-0.15, -0.1) is 0 Å². The van der Waals surface area contributed by atoms with E-state index in [2.05, 4.69) is 126 Å². The fourth-order valence-corrected chi connectivity index (χ4v) is 7.64. The minimum atomic E-state index is 0.573. The number of aromatic nitrogens is 1. The Kier molecular flexibility index (Phi) is 5.60. The summed E-state index contributed by atoms with van der Waals surface area (Å²) in [6, 6.07) is 54.3. The highest BCUT2D eigenvalue weighted by molar-refractivity contribution is 6.21. The second-order valence-electron chi connectivity index (χ2n) is 12.7. The van der Waals surface area contributed by atoms with Crippen molar-refractivity contribution >= 4 is 93.6 Å². The summed E-state index contributed by atoms with van der Waals surface area (Å²) in [6.07, 6.45) is 0. The Bertz CT molecular complexity index is 3110. The second kappa shape index (κ2) is 10.3. The minimum absolute atomic E-state index is 0.573. The molecule has 3 heterocycles. The van der Waals surface area contributed by atoms with Crippen LogP contribution in [0.25, 0.3) is 88.0 Å². The summed E-state index contributed by atoms with van der Waals surface area (Å²) in [4.78, 5) is 7.25. The van der Waals surface area contributed by atoms with Gasteiger partial charge in [0, 0.05) is 44.2 Å². The molecular formula is C45H26N2O3. The first-order valence-electron chi connectivity index (χ1n) is 16.7. The van der Waals surface area contributed by atoms with Gasteiger partial charge < -0.3 is 18.2 Å². The van der Waals surface area contributed by atoms with E-state index in [0.717, 1.165) is 88.4 Å². The van der Waals surface area contributed by atoms with E-state index in [1.165, 1.54) is 10.8 Å². The third-order valence-electron chi connectivity index (χ3n) is 9.87. The molecule has 0 saturated heterocycles. The molecule has 0 aliphatic heterocycles. The molecular weight excluding hydrogens is 617 g/mol. The van der Waals surface area contributed by atoms with Gasteiger partial charge in [-0.2, -0.15) is 0 Å². The third-order valence-corrected chi connectivity index (χ3v) is 9.87. The molecule has 0 aliphatic rings. The number of para-hydroxylation sites is 2. The Labute approximate surface area is 285 Å². The standard InChI is InChI=1S/C45H26N2O3/c1-2-12-29(13-3-1)47(36-18-8-16-34-41-31-14-6-4-10-27(31)20-24-38(41)49-44(34)36)30-22-23-33-40(26-30)48-37-19-9-17-35(42(33)37)45-46-43-32-15-7-5-11-28(32)21-25-39(43)50-45/h1-26H. The van der Waals surface area contributed by atoms with Crippen molar-refractivity contribution in [3.8, 4) is 11.5 Å². The van der Waals surface area contributed by atoms with Gasteiger partial charge in [0.15, 0.2) is 11.2 Å². The van der Waals surface area contributed by atoms with Crippen molar-refractivity contribution in [2.24, 2.45) is 0 Å². The van der Waals surface area contributed by atoms with Crippen LogP contribution in [0.15, 0.2) is 171 Å². The van der Waals surface area contributed by atoms with E-state index >= 15 is 0 Å². The summed E-state index contributed by atoms with van der Waals surface area (Å²) >= 11 is 0. The lowest BCUT2D eigenvalue weighted by atomic mass is 10.0. The van der Waals surface area contributed by atoms with Crippen LogP contribution >= 0.6 is 0 Å². The Morgan fingerprint density at radius 1 is 0.420 bits per heavy atom.